The second-order valence-electron chi connectivity index (χ2n) is 2.33. The Hall–Kier alpha value is -0.320. The average Bonchev–Trinajstić information content (AvgIpc) is 2.02. The first-order valence-electron chi connectivity index (χ1n) is 3.46. The zero-order chi connectivity index (χ0) is 9.84. The van der Waals surface area contributed by atoms with Crippen molar-refractivity contribution >= 4 is 44.7 Å². The summed E-state index contributed by atoms with van der Waals surface area (Å²) in [6.45, 7) is 0.232. The van der Waals surface area contributed by atoms with Gasteiger partial charge in [0.2, 0.25) is 0 Å². The smallest absolute Gasteiger partial charge is 0.138 e. The van der Waals surface area contributed by atoms with E-state index in [0.717, 1.165) is 4.47 Å². The monoisotopic (exact) mass is 279 g/mol. The molecule has 2 nitrogen and oxygen atoms in total. The quantitative estimate of drug-likeness (QED) is 0.865. The number of halogens is 2. The van der Waals surface area contributed by atoms with Crippen molar-refractivity contribution in [2.24, 2.45) is 5.73 Å². The molecule has 5 heteroatoms. The van der Waals surface area contributed by atoms with Crippen LogP contribution in [0, 0.1) is 0 Å². The molecule has 0 aliphatic rings. The molecule has 0 aliphatic heterocycles. The summed E-state index contributed by atoms with van der Waals surface area (Å²) in [7, 11) is 0. The number of hydrogen-bond donors (Lipinski definition) is 1. The third kappa shape index (κ3) is 3.50. The molecule has 1 aromatic carbocycles. The van der Waals surface area contributed by atoms with E-state index in [9.17, 15) is 0 Å². The van der Waals surface area contributed by atoms with Gasteiger partial charge in [-0.25, -0.2) is 0 Å². The van der Waals surface area contributed by atoms with Crippen LogP contribution in [0.2, 0.25) is 5.02 Å². The van der Waals surface area contributed by atoms with Crippen LogP contribution in [-0.2, 0) is 0 Å². The SMILES string of the molecule is NC(=S)COc1ccc(Cl)cc1Br. The van der Waals surface area contributed by atoms with E-state index in [1.807, 2.05) is 0 Å². The maximum Gasteiger partial charge on any atom is 0.138 e. The van der Waals surface area contributed by atoms with E-state index in [1.165, 1.54) is 0 Å². The van der Waals surface area contributed by atoms with Gasteiger partial charge in [-0.2, -0.15) is 0 Å². The second-order valence-corrected chi connectivity index (χ2v) is 4.14. The summed E-state index contributed by atoms with van der Waals surface area (Å²) in [5, 5.41) is 0.648. The fourth-order valence-corrected chi connectivity index (χ4v) is 1.60. The van der Waals surface area contributed by atoms with Crippen LogP contribution in [0.25, 0.3) is 0 Å². The van der Waals surface area contributed by atoms with Gasteiger partial charge in [0.05, 0.1) is 4.47 Å². The van der Waals surface area contributed by atoms with Crippen molar-refractivity contribution < 1.29 is 4.74 Å². The molecule has 0 aliphatic carbocycles. The van der Waals surface area contributed by atoms with Crippen LogP contribution in [0.1, 0.15) is 0 Å². The van der Waals surface area contributed by atoms with Crippen LogP contribution in [0.15, 0.2) is 22.7 Å². The molecule has 70 valence electrons. The highest BCUT2D eigenvalue weighted by atomic mass is 79.9. The van der Waals surface area contributed by atoms with E-state index < -0.39 is 0 Å². The van der Waals surface area contributed by atoms with Gasteiger partial charge in [0.15, 0.2) is 0 Å². The zero-order valence-electron chi connectivity index (χ0n) is 6.59. The first kappa shape index (κ1) is 10.8. The van der Waals surface area contributed by atoms with E-state index in [2.05, 4.69) is 28.1 Å². The summed E-state index contributed by atoms with van der Waals surface area (Å²) in [6, 6.07) is 5.24. The summed E-state index contributed by atoms with van der Waals surface area (Å²) in [5.41, 5.74) is 5.29. The fraction of sp³-hybridized carbons (Fsp3) is 0.125. The molecule has 0 unspecified atom stereocenters. The van der Waals surface area contributed by atoms with Crippen molar-refractivity contribution in [1.82, 2.24) is 0 Å². The molecule has 0 atom stereocenters. The van der Waals surface area contributed by atoms with Gasteiger partial charge < -0.3 is 10.5 Å². The summed E-state index contributed by atoms with van der Waals surface area (Å²) in [4.78, 5) is 0.321. The number of ether oxygens (including phenoxy) is 1. The molecule has 1 aromatic rings. The Morgan fingerprint density at radius 3 is 2.85 bits per heavy atom. The summed E-state index contributed by atoms with van der Waals surface area (Å²) in [6.07, 6.45) is 0. The van der Waals surface area contributed by atoms with Crippen LogP contribution in [0.3, 0.4) is 0 Å². The predicted molar refractivity (Wildman–Crippen MR) is 61.4 cm³/mol. The maximum absolute atomic E-state index is 5.74. The van der Waals surface area contributed by atoms with E-state index in [4.69, 9.17) is 22.1 Å². The lowest BCUT2D eigenvalue weighted by Crippen LogP contribution is -2.17. The van der Waals surface area contributed by atoms with E-state index in [0.29, 0.717) is 15.8 Å². The van der Waals surface area contributed by atoms with Crippen molar-refractivity contribution in [1.29, 1.82) is 0 Å². The molecule has 0 amide bonds. The van der Waals surface area contributed by atoms with E-state index >= 15 is 0 Å². The number of benzene rings is 1. The Kier molecular flexibility index (Phi) is 3.96. The van der Waals surface area contributed by atoms with Gasteiger partial charge in [-0.15, -0.1) is 0 Å². The van der Waals surface area contributed by atoms with Gasteiger partial charge in [-0.05, 0) is 34.1 Å². The molecule has 13 heavy (non-hydrogen) atoms. The highest BCUT2D eigenvalue weighted by molar-refractivity contribution is 9.10. The standard InChI is InChI=1S/C8H7BrClNOS/c9-6-3-5(10)1-2-7(6)12-4-8(11)13/h1-3H,4H2,(H2,11,13). The van der Waals surface area contributed by atoms with Crippen LogP contribution in [-0.4, -0.2) is 11.6 Å². The van der Waals surface area contributed by atoms with Crippen LogP contribution < -0.4 is 10.5 Å². The molecular weight excluding hydrogens is 274 g/mol. The molecule has 0 radical (unpaired) electrons. The van der Waals surface area contributed by atoms with Gasteiger partial charge in [0.1, 0.15) is 17.3 Å². The molecule has 0 saturated carbocycles. The highest BCUT2D eigenvalue weighted by Crippen LogP contribution is 2.27. The van der Waals surface area contributed by atoms with Gasteiger partial charge >= 0.3 is 0 Å². The maximum atomic E-state index is 5.74. The number of rotatable bonds is 3. The predicted octanol–water partition coefficient (Wildman–Crippen LogP) is 2.77. The molecule has 2 N–H and O–H groups in total. The highest BCUT2D eigenvalue weighted by Gasteiger charge is 2.01. The summed E-state index contributed by atoms with van der Waals surface area (Å²) >= 11 is 13.7. The normalized spacial score (nSPS) is 9.69. The minimum atomic E-state index is 0.232. The zero-order valence-corrected chi connectivity index (χ0v) is 9.75. The first-order chi connectivity index (χ1) is 6.09. The largest absolute Gasteiger partial charge is 0.485 e. The Balaban J connectivity index is 2.72. The molecule has 0 fully saturated rings. The first-order valence-corrected chi connectivity index (χ1v) is 5.03. The molecular formula is C8H7BrClNOS. The average molecular weight is 281 g/mol. The Morgan fingerprint density at radius 1 is 1.62 bits per heavy atom. The lowest BCUT2D eigenvalue weighted by molar-refractivity contribution is 0.375. The van der Waals surface area contributed by atoms with Crippen molar-refractivity contribution in [2.75, 3.05) is 6.61 Å². The van der Waals surface area contributed by atoms with Crippen molar-refractivity contribution in [2.45, 2.75) is 0 Å². The minimum Gasteiger partial charge on any atom is -0.485 e. The van der Waals surface area contributed by atoms with Crippen molar-refractivity contribution in [3.8, 4) is 5.75 Å². The number of thiocarbonyl (C=S) groups is 1. The van der Waals surface area contributed by atoms with Gasteiger partial charge in [0.25, 0.3) is 0 Å². The Bertz CT molecular complexity index is 332. The van der Waals surface area contributed by atoms with Gasteiger partial charge in [0, 0.05) is 5.02 Å². The lowest BCUT2D eigenvalue weighted by Gasteiger charge is -2.06. The van der Waals surface area contributed by atoms with Crippen LogP contribution in [0.5, 0.6) is 5.75 Å². The summed E-state index contributed by atoms with van der Waals surface area (Å²) < 4.78 is 6.07. The molecule has 0 heterocycles. The third-order valence-electron chi connectivity index (χ3n) is 1.26. The van der Waals surface area contributed by atoms with Crippen LogP contribution in [0.4, 0.5) is 0 Å². The van der Waals surface area contributed by atoms with Crippen molar-refractivity contribution in [3.63, 3.8) is 0 Å². The van der Waals surface area contributed by atoms with Gasteiger partial charge in [-0.1, -0.05) is 23.8 Å². The van der Waals surface area contributed by atoms with E-state index in [-0.39, 0.29) is 6.61 Å². The van der Waals surface area contributed by atoms with Crippen LogP contribution >= 0.6 is 39.7 Å². The van der Waals surface area contributed by atoms with E-state index in [1.54, 1.807) is 18.2 Å². The van der Waals surface area contributed by atoms with Crippen molar-refractivity contribution in [3.05, 3.63) is 27.7 Å². The summed E-state index contributed by atoms with van der Waals surface area (Å²) in [5.74, 6) is 0.678. The molecule has 1 rings (SSSR count). The number of nitrogens with two attached hydrogens (primary N) is 1. The minimum absolute atomic E-state index is 0.232. The Labute approximate surface area is 95.1 Å². The lowest BCUT2D eigenvalue weighted by atomic mass is 10.3. The molecule has 0 spiro atoms. The second kappa shape index (κ2) is 4.79. The fourth-order valence-electron chi connectivity index (χ4n) is 0.741. The number of hydrogen-bond acceptors (Lipinski definition) is 2. The molecule has 0 aromatic heterocycles. The third-order valence-corrected chi connectivity index (χ3v) is 2.24. The molecule has 0 bridgehead atoms. The topological polar surface area (TPSA) is 35.2 Å². The van der Waals surface area contributed by atoms with Gasteiger partial charge in [-0.3, -0.25) is 0 Å². The molecule has 0 saturated heterocycles. The Morgan fingerprint density at radius 2 is 2.31 bits per heavy atom.